The molecule has 1 aliphatic rings. The van der Waals surface area contributed by atoms with Crippen molar-refractivity contribution >= 4 is 38.9 Å². The molecule has 1 heterocycles. The number of carbonyl (C=O) groups excluding carboxylic acids is 1. The van der Waals surface area contributed by atoms with E-state index in [2.05, 4.69) is 55.3 Å². The van der Waals surface area contributed by atoms with Gasteiger partial charge in [0, 0.05) is 47.7 Å². The Kier molecular flexibility index (Phi) is 6.97. The maximum absolute atomic E-state index is 12.3. The van der Waals surface area contributed by atoms with Gasteiger partial charge in [-0.05, 0) is 61.9 Å². The first-order chi connectivity index (χ1) is 13.5. The Morgan fingerprint density at radius 2 is 1.46 bits per heavy atom. The van der Waals surface area contributed by atoms with Crippen LogP contribution in [0.4, 0.5) is 17.1 Å². The molecule has 2 atom stereocenters. The third-order valence-electron chi connectivity index (χ3n) is 5.33. The smallest absolute Gasteiger partial charge is 0.230 e. The van der Waals surface area contributed by atoms with Gasteiger partial charge in [0.05, 0.1) is 12.0 Å². The van der Waals surface area contributed by atoms with E-state index in [0.29, 0.717) is 6.42 Å². The Bertz CT molecular complexity index is 769. The summed E-state index contributed by atoms with van der Waals surface area (Å²) >= 11 is 3.48. The molecule has 6 heteroatoms. The van der Waals surface area contributed by atoms with E-state index in [-0.39, 0.29) is 11.8 Å². The largest absolute Gasteiger partial charge is 0.393 e. The summed E-state index contributed by atoms with van der Waals surface area (Å²) in [6, 6.07) is 16.4. The number of rotatable bonds is 6. The van der Waals surface area contributed by atoms with E-state index in [1.807, 2.05) is 31.2 Å². The maximum atomic E-state index is 12.3. The molecular weight excluding hydrogens is 418 g/mol. The van der Waals surface area contributed by atoms with Crippen LogP contribution in [0.3, 0.4) is 0 Å². The highest BCUT2D eigenvalue weighted by Crippen LogP contribution is 2.24. The second kappa shape index (κ2) is 9.43. The normalized spacial score (nSPS) is 16.6. The summed E-state index contributed by atoms with van der Waals surface area (Å²) in [4.78, 5) is 17.0. The van der Waals surface area contributed by atoms with Gasteiger partial charge in [-0.3, -0.25) is 4.79 Å². The van der Waals surface area contributed by atoms with Crippen LogP contribution >= 0.6 is 15.9 Å². The lowest BCUT2D eigenvalue weighted by molar-refractivity contribution is -0.123. The quantitative estimate of drug-likeness (QED) is 0.701. The summed E-state index contributed by atoms with van der Waals surface area (Å²) in [6.45, 7) is 7.45. The summed E-state index contributed by atoms with van der Waals surface area (Å²) in [6.07, 6.45) is -0.0316. The summed E-state index contributed by atoms with van der Waals surface area (Å²) in [5, 5.41) is 12.6. The fraction of sp³-hybridized carbons (Fsp3) is 0.409. The number of nitrogens with zero attached hydrogens (tertiary/aromatic N) is 2. The number of halogens is 1. The summed E-state index contributed by atoms with van der Waals surface area (Å²) in [7, 11) is 0. The predicted octanol–water partition coefficient (Wildman–Crippen LogP) is 4.12. The summed E-state index contributed by atoms with van der Waals surface area (Å²) in [5.41, 5.74) is 3.18. The first-order valence-corrected chi connectivity index (χ1v) is 10.6. The molecule has 2 N–H and O–H groups in total. The van der Waals surface area contributed by atoms with Gasteiger partial charge in [-0.2, -0.15) is 0 Å². The third-order valence-corrected chi connectivity index (χ3v) is 5.86. The number of amides is 1. The number of carbonyl (C=O) groups is 1. The Balaban J connectivity index is 1.56. The molecule has 1 aliphatic heterocycles. The van der Waals surface area contributed by atoms with E-state index < -0.39 is 6.10 Å². The molecule has 1 amide bonds. The summed E-state index contributed by atoms with van der Waals surface area (Å²) in [5.74, 6) is -0.514. The second-order valence-corrected chi connectivity index (χ2v) is 8.16. The fourth-order valence-corrected chi connectivity index (χ4v) is 3.88. The van der Waals surface area contributed by atoms with Gasteiger partial charge in [-0.25, -0.2) is 0 Å². The van der Waals surface area contributed by atoms with Gasteiger partial charge >= 0.3 is 0 Å². The minimum atomic E-state index is -0.647. The molecule has 0 spiro atoms. The van der Waals surface area contributed by atoms with Crippen LogP contribution in [0.25, 0.3) is 0 Å². The average Bonchev–Trinajstić information content (AvgIpc) is 2.69. The first-order valence-electron chi connectivity index (χ1n) is 9.82. The van der Waals surface area contributed by atoms with Crippen LogP contribution in [0.2, 0.25) is 0 Å². The lowest BCUT2D eigenvalue weighted by Crippen LogP contribution is -2.46. The van der Waals surface area contributed by atoms with Crippen molar-refractivity contribution in [3.8, 4) is 0 Å². The molecule has 2 aromatic rings. The molecule has 3 rings (SSSR count). The van der Waals surface area contributed by atoms with E-state index >= 15 is 0 Å². The molecule has 150 valence electrons. The van der Waals surface area contributed by atoms with Crippen LogP contribution in [-0.4, -0.2) is 43.3 Å². The molecule has 2 unspecified atom stereocenters. The van der Waals surface area contributed by atoms with E-state index in [4.69, 9.17) is 0 Å². The van der Waals surface area contributed by atoms with E-state index in [0.717, 1.165) is 42.0 Å². The monoisotopic (exact) mass is 445 g/mol. The van der Waals surface area contributed by atoms with E-state index in [1.54, 1.807) is 6.92 Å². The van der Waals surface area contributed by atoms with E-state index in [9.17, 15) is 9.90 Å². The molecule has 0 radical (unpaired) electrons. The van der Waals surface area contributed by atoms with Gasteiger partial charge in [0.15, 0.2) is 0 Å². The highest BCUT2D eigenvalue weighted by molar-refractivity contribution is 9.10. The molecule has 28 heavy (non-hydrogen) atoms. The Hall–Kier alpha value is -2.05. The van der Waals surface area contributed by atoms with Crippen molar-refractivity contribution in [1.29, 1.82) is 0 Å². The van der Waals surface area contributed by atoms with E-state index in [1.165, 1.54) is 5.69 Å². The number of nitrogens with one attached hydrogen (secondary N) is 1. The van der Waals surface area contributed by atoms with Crippen LogP contribution in [0.1, 0.15) is 20.3 Å². The number of anilines is 3. The minimum Gasteiger partial charge on any atom is -0.393 e. The van der Waals surface area contributed by atoms with Gasteiger partial charge in [0.1, 0.15) is 0 Å². The van der Waals surface area contributed by atoms with Gasteiger partial charge in [-0.1, -0.05) is 22.9 Å². The highest BCUT2D eigenvalue weighted by atomic mass is 79.9. The molecule has 0 bridgehead atoms. The number of hydrogen-bond donors (Lipinski definition) is 2. The molecule has 1 fully saturated rings. The predicted molar refractivity (Wildman–Crippen MR) is 119 cm³/mol. The van der Waals surface area contributed by atoms with Crippen molar-refractivity contribution in [3.05, 3.63) is 53.0 Å². The first kappa shape index (κ1) is 20.7. The number of aliphatic hydroxyl groups is 1. The molecule has 0 aliphatic carbocycles. The average molecular weight is 446 g/mol. The molecule has 1 saturated heterocycles. The van der Waals surface area contributed by atoms with Crippen molar-refractivity contribution in [2.45, 2.75) is 26.4 Å². The Labute approximate surface area is 175 Å². The summed E-state index contributed by atoms with van der Waals surface area (Å²) < 4.78 is 1.10. The van der Waals surface area contributed by atoms with Crippen LogP contribution in [0, 0.1) is 5.92 Å². The standard InChI is InChI=1S/C22H28BrN3O2/c1-3-21(16(2)27)22(28)24-18-6-10-20(11-7-18)26-14-12-25(13-15-26)19-8-4-17(23)5-9-19/h4-11,16,21,27H,3,12-15H2,1-2H3,(H,24,28). The van der Waals surface area contributed by atoms with Gasteiger partial charge < -0.3 is 20.2 Å². The zero-order valence-electron chi connectivity index (χ0n) is 16.4. The van der Waals surface area contributed by atoms with Crippen LogP contribution in [0.15, 0.2) is 53.0 Å². The number of benzene rings is 2. The molecule has 2 aromatic carbocycles. The lowest BCUT2D eigenvalue weighted by atomic mass is 10.00. The van der Waals surface area contributed by atoms with Crippen LogP contribution in [0.5, 0.6) is 0 Å². The molecule has 0 aromatic heterocycles. The zero-order chi connectivity index (χ0) is 20.1. The van der Waals surface area contributed by atoms with Gasteiger partial charge in [0.25, 0.3) is 0 Å². The topological polar surface area (TPSA) is 55.8 Å². The van der Waals surface area contributed by atoms with Gasteiger partial charge in [-0.15, -0.1) is 0 Å². The number of piperazine rings is 1. The second-order valence-electron chi connectivity index (χ2n) is 7.24. The highest BCUT2D eigenvalue weighted by Gasteiger charge is 2.22. The maximum Gasteiger partial charge on any atom is 0.230 e. The van der Waals surface area contributed by atoms with Crippen molar-refractivity contribution in [1.82, 2.24) is 0 Å². The van der Waals surface area contributed by atoms with Crippen LogP contribution in [-0.2, 0) is 4.79 Å². The lowest BCUT2D eigenvalue weighted by Gasteiger charge is -2.37. The SMILES string of the molecule is CCC(C(=O)Nc1ccc(N2CCN(c3ccc(Br)cc3)CC2)cc1)C(C)O. The Morgan fingerprint density at radius 3 is 1.89 bits per heavy atom. The fourth-order valence-electron chi connectivity index (χ4n) is 3.61. The Morgan fingerprint density at radius 1 is 1.00 bits per heavy atom. The number of aliphatic hydroxyl groups excluding tert-OH is 1. The van der Waals surface area contributed by atoms with Crippen molar-refractivity contribution in [3.63, 3.8) is 0 Å². The third kappa shape index (κ3) is 5.06. The van der Waals surface area contributed by atoms with Crippen molar-refractivity contribution in [2.24, 2.45) is 5.92 Å². The molecular formula is C22H28BrN3O2. The zero-order valence-corrected chi connectivity index (χ0v) is 18.0. The van der Waals surface area contributed by atoms with Crippen molar-refractivity contribution < 1.29 is 9.90 Å². The molecule has 5 nitrogen and oxygen atoms in total. The van der Waals surface area contributed by atoms with Gasteiger partial charge in [0.2, 0.25) is 5.91 Å². The van der Waals surface area contributed by atoms with Crippen LogP contribution < -0.4 is 15.1 Å². The minimum absolute atomic E-state index is 0.131. The number of hydrogen-bond acceptors (Lipinski definition) is 4. The molecule has 0 saturated carbocycles. The van der Waals surface area contributed by atoms with Crippen molar-refractivity contribution in [2.75, 3.05) is 41.3 Å².